The van der Waals surface area contributed by atoms with E-state index < -0.39 is 53.4 Å². The van der Waals surface area contributed by atoms with Crippen molar-refractivity contribution in [1.29, 1.82) is 0 Å². The molecule has 1 fully saturated rings. The van der Waals surface area contributed by atoms with E-state index in [1.165, 1.54) is 30.6 Å². The van der Waals surface area contributed by atoms with Gasteiger partial charge < -0.3 is 20.3 Å². The molecule has 40 heavy (non-hydrogen) atoms. The van der Waals surface area contributed by atoms with Gasteiger partial charge in [-0.2, -0.15) is 13.2 Å². The van der Waals surface area contributed by atoms with Crippen LogP contribution in [0.25, 0.3) is 10.8 Å². The summed E-state index contributed by atoms with van der Waals surface area (Å²) in [5, 5.41) is 0.473. The maximum atomic E-state index is 14.1. The lowest BCUT2D eigenvalue weighted by Crippen LogP contribution is -2.49. The minimum atomic E-state index is -4.79. The van der Waals surface area contributed by atoms with Crippen molar-refractivity contribution < 1.29 is 36.3 Å². The maximum absolute atomic E-state index is 14.1. The number of fused-ring (bicyclic) bond motifs is 1. The van der Waals surface area contributed by atoms with Crippen molar-refractivity contribution in [2.24, 2.45) is 0 Å². The van der Waals surface area contributed by atoms with Crippen LogP contribution in [-0.2, 0) is 38.2 Å². The predicted octanol–water partition coefficient (Wildman–Crippen LogP) is 2.63. The first-order valence-corrected chi connectivity index (χ1v) is 13.1. The lowest BCUT2D eigenvalue weighted by Gasteiger charge is -2.29. The van der Waals surface area contributed by atoms with E-state index in [-0.39, 0.29) is 35.4 Å². The van der Waals surface area contributed by atoms with Crippen LogP contribution in [0.4, 0.5) is 30.5 Å². The Morgan fingerprint density at radius 1 is 1.27 bits per heavy atom. The molecule has 0 spiro atoms. The fourth-order valence-electron chi connectivity index (χ4n) is 4.75. The Labute approximate surface area is 230 Å². The number of hydrogen-bond donors (Lipinski definition) is 2. The van der Waals surface area contributed by atoms with E-state index in [0.717, 1.165) is 22.4 Å². The van der Waals surface area contributed by atoms with Gasteiger partial charge in [-0.25, -0.2) is 19.0 Å². The molecule has 3 heterocycles. The third-order valence-corrected chi connectivity index (χ3v) is 7.50. The highest BCUT2D eigenvalue weighted by atomic mass is 32.2. The molecular formula is C25H27F3N6O5S. The molecule has 3 N–H and O–H groups in total. The quantitative estimate of drug-likeness (QED) is 0.304. The lowest BCUT2D eigenvalue weighted by molar-refractivity contribution is -0.151. The number of halogens is 3. The van der Waals surface area contributed by atoms with Gasteiger partial charge in [0.25, 0.3) is 11.3 Å². The molecule has 1 unspecified atom stereocenters. The van der Waals surface area contributed by atoms with Crippen LogP contribution in [0, 0.1) is 0 Å². The predicted molar refractivity (Wildman–Crippen MR) is 143 cm³/mol. The average molecular weight is 581 g/mol. The molecule has 0 saturated carbocycles. The van der Waals surface area contributed by atoms with Crippen molar-refractivity contribution in [2.45, 2.75) is 31.1 Å². The number of carbonyl (C=O) groups excluding carboxylic acids is 2. The first-order chi connectivity index (χ1) is 18.8. The fraction of sp³-hybridized carbons (Fsp3) is 0.360. The molecule has 1 aromatic carbocycles. The molecule has 15 heteroatoms. The van der Waals surface area contributed by atoms with Crippen LogP contribution in [0.5, 0.6) is 0 Å². The molecule has 1 aliphatic rings. The van der Waals surface area contributed by atoms with Gasteiger partial charge in [0.05, 0.1) is 24.6 Å². The molecule has 0 bridgehead atoms. The zero-order valence-corrected chi connectivity index (χ0v) is 22.6. The lowest BCUT2D eigenvalue weighted by atomic mass is 9.95. The normalized spacial score (nSPS) is 17.1. The van der Waals surface area contributed by atoms with Gasteiger partial charge in [-0.1, -0.05) is 6.07 Å². The number of methoxy groups -OCH3 is 1. The van der Waals surface area contributed by atoms with E-state index in [1.807, 2.05) is 0 Å². The molecule has 11 nitrogen and oxygen atoms in total. The summed E-state index contributed by atoms with van der Waals surface area (Å²) in [6, 6.07) is 4.15. The van der Waals surface area contributed by atoms with Crippen molar-refractivity contribution in [2.75, 3.05) is 42.7 Å². The van der Waals surface area contributed by atoms with Gasteiger partial charge in [0, 0.05) is 38.6 Å². The number of nitrogens with zero attached hydrogens (tertiary/aromatic N) is 5. The Morgan fingerprint density at radius 3 is 2.58 bits per heavy atom. The highest BCUT2D eigenvalue weighted by Gasteiger charge is 2.45. The summed E-state index contributed by atoms with van der Waals surface area (Å²) in [6.07, 6.45) is -2.59. The summed E-state index contributed by atoms with van der Waals surface area (Å²) >= 11 is -2.64. The number of hydrogen-bond acceptors (Lipinski definition) is 8. The second kappa shape index (κ2) is 11.3. The maximum Gasteiger partial charge on any atom is 0.416 e. The largest absolute Gasteiger partial charge is 0.467 e. The number of aromatic nitrogens is 2. The molecular weight excluding hydrogens is 553 g/mol. The van der Waals surface area contributed by atoms with Crippen molar-refractivity contribution in [3.63, 3.8) is 0 Å². The summed E-state index contributed by atoms with van der Waals surface area (Å²) in [4.78, 5) is 37.3. The van der Waals surface area contributed by atoms with Gasteiger partial charge in [0.1, 0.15) is 23.7 Å². The number of likely N-dealkylation sites (tertiary alicyclic amines) is 1. The second-order valence-electron chi connectivity index (χ2n) is 9.33. The molecule has 3 atom stereocenters. The molecule has 1 aliphatic heterocycles. The number of benzene rings is 1. The highest BCUT2D eigenvalue weighted by Crippen LogP contribution is 2.37. The Kier molecular flexibility index (Phi) is 8.16. The molecule has 4 rings (SSSR count). The van der Waals surface area contributed by atoms with E-state index in [2.05, 4.69) is 9.97 Å². The molecule has 0 radical (unpaired) electrons. The monoisotopic (exact) mass is 580 g/mol. The first kappa shape index (κ1) is 29.0. The van der Waals surface area contributed by atoms with Crippen LogP contribution in [0.15, 0.2) is 42.7 Å². The Bertz CT molecular complexity index is 1450. The van der Waals surface area contributed by atoms with Crippen LogP contribution in [0.3, 0.4) is 0 Å². The van der Waals surface area contributed by atoms with Gasteiger partial charge >= 0.3 is 12.1 Å². The molecule has 3 aromatic rings. The van der Waals surface area contributed by atoms with Gasteiger partial charge in [-0.15, -0.1) is 0 Å². The number of ether oxygens (including phenoxy) is 1. The van der Waals surface area contributed by atoms with Gasteiger partial charge in [-0.3, -0.25) is 13.7 Å². The molecule has 1 amide bonds. The van der Waals surface area contributed by atoms with Crippen LogP contribution in [0.1, 0.15) is 17.5 Å². The van der Waals surface area contributed by atoms with Gasteiger partial charge in [0.15, 0.2) is 0 Å². The van der Waals surface area contributed by atoms with Crippen LogP contribution < -0.4 is 14.9 Å². The molecule has 0 aliphatic carbocycles. The van der Waals surface area contributed by atoms with Crippen LogP contribution in [-0.4, -0.2) is 75.3 Å². The summed E-state index contributed by atoms with van der Waals surface area (Å²) in [5.41, 5.74) is 4.69. The highest BCUT2D eigenvalue weighted by molar-refractivity contribution is 7.80. The average Bonchev–Trinajstić information content (AvgIpc) is 3.26. The summed E-state index contributed by atoms with van der Waals surface area (Å²) in [6.45, 7) is -0.0635. The van der Waals surface area contributed by atoms with Crippen molar-refractivity contribution in [3.8, 4) is 0 Å². The number of pyridine rings is 2. The summed E-state index contributed by atoms with van der Waals surface area (Å²) < 4.78 is 70.4. The number of amides is 1. The zero-order chi connectivity index (χ0) is 29.4. The number of alkyl halides is 3. The summed E-state index contributed by atoms with van der Waals surface area (Å²) in [5.74, 6) is -1.14. The SMILES string of the molecule is COC(=O)[C@@H](Cc1cc2ccnc(N)c2cc1C(F)(F)F)N1CC[C@H](N(c2ccc(N(C)C)nc2)S(=O)O)C1=O. The standard InChI is InChI=1S/C25H27F3N6O5S/c1-32(2)21-5-4-16(13-31-21)34(40(37)38)19-7-9-33(23(19)35)20(24(36)39-3)11-15-10-14-6-8-30-22(29)17(14)12-18(15)25(26,27)28/h4-6,8,10,12-13,19-20H,7,9,11H2,1-3H3,(H2,29,30)(H,37,38)/t19-,20+/m0/s1. The van der Waals surface area contributed by atoms with Crippen LogP contribution >= 0.6 is 0 Å². The minimum Gasteiger partial charge on any atom is -0.467 e. The molecule has 2 aromatic heterocycles. The topological polar surface area (TPSA) is 142 Å². The fourth-order valence-corrected chi connectivity index (χ4v) is 5.46. The Morgan fingerprint density at radius 2 is 2.00 bits per heavy atom. The van der Waals surface area contributed by atoms with E-state index in [9.17, 15) is 31.5 Å². The van der Waals surface area contributed by atoms with Crippen molar-refractivity contribution in [1.82, 2.24) is 14.9 Å². The van der Waals surface area contributed by atoms with Crippen LogP contribution in [0.2, 0.25) is 0 Å². The Balaban J connectivity index is 1.70. The van der Waals surface area contributed by atoms with Gasteiger partial charge in [-0.05, 0) is 41.6 Å². The van der Waals surface area contributed by atoms with Crippen molar-refractivity contribution in [3.05, 3.63) is 53.9 Å². The van der Waals surface area contributed by atoms with Gasteiger partial charge in [0.2, 0.25) is 5.91 Å². The summed E-state index contributed by atoms with van der Waals surface area (Å²) in [7, 11) is 4.60. The van der Waals surface area contributed by atoms with Crippen molar-refractivity contribution >= 4 is 51.2 Å². The van der Waals surface area contributed by atoms with E-state index >= 15 is 0 Å². The van der Waals surface area contributed by atoms with E-state index in [4.69, 9.17) is 10.5 Å². The number of rotatable bonds is 8. The minimum absolute atomic E-state index is 0.0279. The number of esters is 1. The number of carbonyl (C=O) groups is 2. The third-order valence-electron chi connectivity index (χ3n) is 6.70. The number of nitrogen functional groups attached to an aromatic ring is 1. The first-order valence-electron chi connectivity index (χ1n) is 12.0. The van der Waals surface area contributed by atoms with E-state index in [1.54, 1.807) is 25.1 Å². The van der Waals surface area contributed by atoms with E-state index in [0.29, 0.717) is 11.2 Å². The Hall–Kier alpha value is -3.98. The zero-order valence-electron chi connectivity index (χ0n) is 21.8. The third kappa shape index (κ3) is 5.65. The smallest absolute Gasteiger partial charge is 0.416 e. The molecule has 1 saturated heterocycles. The number of nitrogens with two attached hydrogens (primary N) is 1. The number of anilines is 3. The second-order valence-corrected chi connectivity index (χ2v) is 10.2. The molecule has 214 valence electrons.